The molecular weight excluding hydrogens is 539 g/mol. The molecule has 4 heterocycles. The number of rotatable bonds is 3. The van der Waals surface area contributed by atoms with Crippen LogP contribution in [0, 0.1) is 0 Å². The average Bonchev–Trinajstić information content (AvgIpc) is 3.80. The first kappa shape index (κ1) is 23.6. The largest absolute Gasteiger partial charge is 0.519 e. The zero-order valence-corrected chi connectivity index (χ0v) is 23.7. The van der Waals surface area contributed by atoms with Gasteiger partial charge in [-0.05, 0) is 78.9 Å². The Bertz CT molecular complexity index is 2360. The highest BCUT2D eigenvalue weighted by Gasteiger charge is 2.53. The maximum atomic E-state index is 5.12. The molecule has 0 unspecified atom stereocenters. The molecule has 0 radical (unpaired) electrons. The molecule has 7 heteroatoms. The van der Waals surface area contributed by atoms with Gasteiger partial charge in [-0.3, -0.25) is 8.97 Å². The van der Waals surface area contributed by atoms with Crippen LogP contribution in [0.3, 0.4) is 0 Å². The molecule has 0 N–H and O–H groups in total. The van der Waals surface area contributed by atoms with Crippen LogP contribution in [0.15, 0.2) is 152 Å². The molecular formula is C37H25BN6. The predicted octanol–water partition coefficient (Wildman–Crippen LogP) is 8.86. The fraction of sp³-hybridized carbons (Fsp3) is 0. The summed E-state index contributed by atoms with van der Waals surface area (Å²) in [6.45, 7) is 0. The third kappa shape index (κ3) is 3.07. The number of para-hydroxylation sites is 8. The fourth-order valence-corrected chi connectivity index (χ4v) is 7.22. The highest BCUT2D eigenvalue weighted by Crippen LogP contribution is 2.55. The number of hydrogen-bond acceptors (Lipinski definition) is 4. The SMILES string of the molecule is c1ccc(N2B3N(c4ccc5c(c4)n4c6ccccc6nc4n5-c4ccccc4)c4ccccc4N3c3ccccc32)cc1. The van der Waals surface area contributed by atoms with Crippen molar-refractivity contribution in [1.82, 2.24) is 14.0 Å². The molecule has 0 saturated heterocycles. The van der Waals surface area contributed by atoms with E-state index >= 15 is 0 Å². The van der Waals surface area contributed by atoms with E-state index in [-0.39, 0.29) is 7.12 Å². The second-order valence-corrected chi connectivity index (χ2v) is 11.3. The standard InChI is InChI=1S/C37H25BN6/c1-3-13-26(14-4-1)40-31-24-23-28(25-36(31)41-30-18-8-7-17-29(30)39-37(40)41)43-33-20-10-12-22-35(33)44-34-21-11-9-19-32(34)42(38(43)44)27-15-5-2-6-16-27/h1-25H. The van der Waals surface area contributed by atoms with Crippen LogP contribution in [0.25, 0.3) is 33.5 Å². The zero-order valence-electron chi connectivity index (χ0n) is 23.7. The first-order valence-corrected chi connectivity index (χ1v) is 14.9. The Morgan fingerprint density at radius 3 is 1.64 bits per heavy atom. The average molecular weight is 564 g/mol. The minimum Gasteiger partial charge on any atom is -0.344 e. The van der Waals surface area contributed by atoms with Gasteiger partial charge in [0, 0.05) is 17.1 Å². The molecule has 0 bridgehead atoms. The summed E-state index contributed by atoms with van der Waals surface area (Å²) in [5.41, 5.74) is 12.5. The van der Waals surface area contributed by atoms with E-state index in [0.717, 1.165) is 44.9 Å². The van der Waals surface area contributed by atoms with Gasteiger partial charge in [0.25, 0.3) is 0 Å². The number of imidazole rings is 2. The summed E-state index contributed by atoms with van der Waals surface area (Å²) in [5.74, 6) is 0.909. The lowest BCUT2D eigenvalue weighted by atomic mass is 9.86. The van der Waals surface area contributed by atoms with Crippen LogP contribution in [0.5, 0.6) is 0 Å². The summed E-state index contributed by atoms with van der Waals surface area (Å²) in [5, 5.41) is 0. The number of fused-ring (bicyclic) bond motifs is 10. The predicted molar refractivity (Wildman–Crippen MR) is 181 cm³/mol. The Hall–Kier alpha value is -5.95. The number of aromatic nitrogens is 3. The highest BCUT2D eigenvalue weighted by molar-refractivity contribution is 6.80. The molecule has 0 fully saturated rings. The molecule has 10 rings (SSSR count). The fourth-order valence-electron chi connectivity index (χ4n) is 7.22. The van der Waals surface area contributed by atoms with Crippen molar-refractivity contribution in [2.45, 2.75) is 0 Å². The Kier molecular flexibility index (Phi) is 4.71. The van der Waals surface area contributed by atoms with E-state index in [4.69, 9.17) is 4.98 Å². The molecule has 2 aliphatic rings. The van der Waals surface area contributed by atoms with Gasteiger partial charge in [0.2, 0.25) is 5.78 Å². The summed E-state index contributed by atoms with van der Waals surface area (Å²) in [7, 11) is -0.101. The highest BCUT2D eigenvalue weighted by atomic mass is 15.4. The van der Waals surface area contributed by atoms with Crippen molar-refractivity contribution in [1.29, 1.82) is 0 Å². The van der Waals surface area contributed by atoms with E-state index in [2.05, 4.69) is 175 Å². The van der Waals surface area contributed by atoms with Crippen LogP contribution < -0.4 is 14.4 Å². The molecule has 2 aromatic heterocycles. The maximum Gasteiger partial charge on any atom is 0.519 e. The van der Waals surface area contributed by atoms with Gasteiger partial charge in [-0.25, -0.2) is 4.98 Å². The monoisotopic (exact) mass is 564 g/mol. The summed E-state index contributed by atoms with van der Waals surface area (Å²) in [6.07, 6.45) is 0. The van der Waals surface area contributed by atoms with Crippen LogP contribution in [0.4, 0.5) is 34.1 Å². The van der Waals surface area contributed by atoms with Crippen molar-refractivity contribution < 1.29 is 0 Å². The molecule has 0 saturated carbocycles. The van der Waals surface area contributed by atoms with Gasteiger partial charge in [-0.15, -0.1) is 0 Å². The Balaban J connectivity index is 1.25. The number of anilines is 6. The van der Waals surface area contributed by atoms with Crippen molar-refractivity contribution in [3.63, 3.8) is 0 Å². The second kappa shape index (κ2) is 8.78. The van der Waals surface area contributed by atoms with Gasteiger partial charge in [0.15, 0.2) is 0 Å². The summed E-state index contributed by atoms with van der Waals surface area (Å²) < 4.78 is 4.57. The summed E-state index contributed by atoms with van der Waals surface area (Å²) >= 11 is 0. The van der Waals surface area contributed by atoms with Crippen LogP contribution in [-0.2, 0) is 0 Å². The van der Waals surface area contributed by atoms with E-state index in [0.29, 0.717) is 0 Å². The topological polar surface area (TPSA) is 32.0 Å². The lowest BCUT2D eigenvalue weighted by Gasteiger charge is -2.31. The van der Waals surface area contributed by atoms with Crippen LogP contribution in [-0.4, -0.2) is 21.1 Å². The molecule has 2 aliphatic heterocycles. The first-order valence-electron chi connectivity index (χ1n) is 14.9. The van der Waals surface area contributed by atoms with Crippen molar-refractivity contribution >= 4 is 69.1 Å². The molecule has 0 atom stereocenters. The van der Waals surface area contributed by atoms with E-state index in [1.165, 1.54) is 22.7 Å². The van der Waals surface area contributed by atoms with Gasteiger partial charge < -0.3 is 14.4 Å². The molecule has 206 valence electrons. The van der Waals surface area contributed by atoms with E-state index in [1.807, 2.05) is 0 Å². The van der Waals surface area contributed by atoms with Gasteiger partial charge in [0.1, 0.15) is 0 Å². The lowest BCUT2D eigenvalue weighted by molar-refractivity contribution is 1.11. The minimum absolute atomic E-state index is 0.101. The van der Waals surface area contributed by atoms with E-state index < -0.39 is 0 Å². The van der Waals surface area contributed by atoms with Crippen LogP contribution >= 0.6 is 0 Å². The third-order valence-electron chi connectivity index (χ3n) is 9.01. The van der Waals surface area contributed by atoms with Crippen LogP contribution in [0.1, 0.15) is 0 Å². The van der Waals surface area contributed by atoms with E-state index in [1.54, 1.807) is 0 Å². The summed E-state index contributed by atoms with van der Waals surface area (Å²) in [4.78, 5) is 12.5. The smallest absolute Gasteiger partial charge is 0.344 e. The lowest BCUT2D eigenvalue weighted by Crippen LogP contribution is -2.51. The van der Waals surface area contributed by atoms with E-state index in [9.17, 15) is 0 Å². The molecule has 0 amide bonds. The van der Waals surface area contributed by atoms with Crippen molar-refractivity contribution in [2.75, 3.05) is 14.4 Å². The summed E-state index contributed by atoms with van der Waals surface area (Å²) in [6, 6.07) is 54.0. The quantitative estimate of drug-likeness (QED) is 0.201. The Labute approximate surface area is 254 Å². The maximum absolute atomic E-state index is 5.12. The minimum atomic E-state index is -0.101. The molecule has 0 spiro atoms. The third-order valence-corrected chi connectivity index (χ3v) is 9.01. The van der Waals surface area contributed by atoms with Gasteiger partial charge in [0.05, 0.1) is 44.8 Å². The Morgan fingerprint density at radius 1 is 0.409 bits per heavy atom. The number of benzene rings is 6. The Morgan fingerprint density at radius 2 is 0.955 bits per heavy atom. The van der Waals surface area contributed by atoms with Gasteiger partial charge >= 0.3 is 7.12 Å². The van der Waals surface area contributed by atoms with Gasteiger partial charge in [-0.2, -0.15) is 0 Å². The van der Waals surface area contributed by atoms with Crippen molar-refractivity contribution in [2.24, 2.45) is 0 Å². The molecule has 6 nitrogen and oxygen atoms in total. The zero-order chi connectivity index (χ0) is 28.8. The second-order valence-electron chi connectivity index (χ2n) is 11.3. The van der Waals surface area contributed by atoms with Crippen molar-refractivity contribution in [3.8, 4) is 5.69 Å². The molecule has 8 aromatic rings. The number of nitrogens with zero attached hydrogens (tertiary/aromatic N) is 6. The van der Waals surface area contributed by atoms with Gasteiger partial charge in [-0.1, -0.05) is 72.8 Å². The normalized spacial score (nSPS) is 13.7. The van der Waals surface area contributed by atoms with Crippen LogP contribution in [0.2, 0.25) is 0 Å². The molecule has 6 aromatic carbocycles. The van der Waals surface area contributed by atoms with Crippen molar-refractivity contribution in [3.05, 3.63) is 152 Å². The first-order chi connectivity index (χ1) is 21.9. The number of hydrogen-bond donors (Lipinski definition) is 0. The molecule has 0 aliphatic carbocycles. The molecule has 44 heavy (non-hydrogen) atoms.